The lowest BCUT2D eigenvalue weighted by Gasteiger charge is -2.11. The van der Waals surface area contributed by atoms with E-state index in [2.05, 4.69) is 4.79 Å². The van der Waals surface area contributed by atoms with Crippen LogP contribution >= 0.6 is 11.6 Å². The van der Waals surface area contributed by atoms with E-state index in [1.165, 1.54) is 0 Å². The number of benzene rings is 2. The Morgan fingerprint density at radius 3 is 1.62 bits per heavy atom. The highest BCUT2D eigenvalue weighted by Crippen LogP contribution is 2.14. The van der Waals surface area contributed by atoms with Crippen LogP contribution in [0.2, 0.25) is 0 Å². The van der Waals surface area contributed by atoms with Gasteiger partial charge in [0.05, 0.1) is 11.8 Å². The Kier molecular flexibility index (Phi) is 14.0. The molecule has 0 aliphatic heterocycles. The molecule has 172 valence electrons. The molecule has 0 amide bonds. The molecule has 0 saturated heterocycles. The Bertz CT molecular complexity index is 918. The summed E-state index contributed by atoms with van der Waals surface area (Å²) in [6, 6.07) is 18.6. The normalized spacial score (nSPS) is 11.1. The number of rotatable bonds is 6. The van der Waals surface area contributed by atoms with Gasteiger partial charge in [0.1, 0.15) is 5.16 Å². The minimum atomic E-state index is -0.781. The van der Waals surface area contributed by atoms with Crippen molar-refractivity contribution in [3.05, 3.63) is 88.1 Å². The first-order valence-electron chi connectivity index (χ1n) is 10.1. The van der Waals surface area contributed by atoms with Crippen LogP contribution in [-0.4, -0.2) is 46.9 Å². The van der Waals surface area contributed by atoms with Gasteiger partial charge in [0.25, 0.3) is 0 Å². The third-order valence-electron chi connectivity index (χ3n) is 4.39. The molecule has 0 spiro atoms. The maximum Gasteiger partial charge on any atom is 0.323 e. The number of nitrogens with zero attached hydrogens (tertiary/aromatic N) is 3. The molecular weight excluding hydrogens is 426 g/mol. The zero-order chi connectivity index (χ0) is 24.7. The van der Waals surface area contributed by atoms with E-state index in [9.17, 15) is 9.59 Å². The molecule has 2 aromatic carbocycles. The van der Waals surface area contributed by atoms with Gasteiger partial charge < -0.3 is 15.5 Å². The summed E-state index contributed by atoms with van der Waals surface area (Å²) >= 11 is 5.76. The molecule has 0 aromatic heterocycles. The van der Waals surface area contributed by atoms with Crippen molar-refractivity contribution >= 4 is 29.6 Å². The third-order valence-corrected chi connectivity index (χ3v) is 5.10. The summed E-state index contributed by atoms with van der Waals surface area (Å²) in [5.74, 6) is -1.64. The molecule has 2 atom stereocenters. The number of Topliss-reactive ketones (excluding diaryl/α,β-unsaturated/α-hetero) is 1. The fraction of sp³-hybridized carbons (Fsp3) is 0.320. The summed E-state index contributed by atoms with van der Waals surface area (Å²) in [6.45, 7) is 7.43. The van der Waals surface area contributed by atoms with Crippen molar-refractivity contribution in [1.82, 2.24) is 4.90 Å². The smallest absolute Gasteiger partial charge is 0.323 e. The Labute approximate surface area is 195 Å². The van der Waals surface area contributed by atoms with Gasteiger partial charge in [-0.25, -0.2) is 0 Å². The average molecular weight is 458 g/mol. The minimum Gasteiger partial charge on any atom is -0.481 e. The van der Waals surface area contributed by atoms with Crippen molar-refractivity contribution in [3.63, 3.8) is 0 Å². The summed E-state index contributed by atoms with van der Waals surface area (Å²) in [4.78, 5) is 26.3. The first kappa shape index (κ1) is 28.8. The molecule has 6 nitrogen and oxygen atoms in total. The van der Waals surface area contributed by atoms with Crippen molar-refractivity contribution in [2.45, 2.75) is 39.5 Å². The van der Waals surface area contributed by atoms with Crippen LogP contribution in [0.1, 0.15) is 50.7 Å². The van der Waals surface area contributed by atoms with Crippen LogP contribution in [0.5, 0.6) is 0 Å². The second-order valence-electron chi connectivity index (χ2n) is 7.44. The molecule has 2 rings (SSSR count). The molecular formula is C25H32ClN3O3. The summed E-state index contributed by atoms with van der Waals surface area (Å²) < 4.78 is 0. The van der Waals surface area contributed by atoms with Crippen LogP contribution in [-0.2, 0) is 9.59 Å². The molecule has 0 heterocycles. The SMILES string of the molecule is CC(C(=O)C=[N+]=[N-])c1ccccc1.CC(C(=O)O)c1ccccc1.CC(C)=C(Cl)N(C)C. The average Bonchev–Trinajstić information content (AvgIpc) is 2.79. The zero-order valence-corrected chi connectivity index (χ0v) is 20.2. The summed E-state index contributed by atoms with van der Waals surface area (Å²) in [5, 5.41) is 9.46. The zero-order valence-electron chi connectivity index (χ0n) is 19.5. The van der Waals surface area contributed by atoms with Gasteiger partial charge in [-0.15, -0.1) is 0 Å². The van der Waals surface area contributed by atoms with Gasteiger partial charge in [-0.05, 0) is 37.5 Å². The molecule has 2 unspecified atom stereocenters. The second-order valence-corrected chi connectivity index (χ2v) is 7.79. The quantitative estimate of drug-likeness (QED) is 0.265. The van der Waals surface area contributed by atoms with Crippen LogP contribution in [0.3, 0.4) is 0 Å². The van der Waals surface area contributed by atoms with Gasteiger partial charge in [0.2, 0.25) is 5.78 Å². The summed E-state index contributed by atoms with van der Waals surface area (Å²) in [5.41, 5.74) is 11.1. The number of carboxylic acid groups (broad SMARTS) is 1. The maximum absolute atomic E-state index is 11.2. The fourth-order valence-electron chi connectivity index (χ4n) is 2.41. The van der Waals surface area contributed by atoms with E-state index in [0.717, 1.165) is 28.1 Å². The molecule has 2 aromatic rings. The predicted octanol–water partition coefficient (Wildman–Crippen LogP) is 5.57. The number of carbonyl (C=O) groups excluding carboxylic acids is 1. The lowest BCUT2D eigenvalue weighted by Crippen LogP contribution is -2.10. The Hall–Kier alpha value is -3.21. The standard InChI is InChI=1S/C10H10N2O.C9H10O2.C6H12ClN/c1-8(10(13)7-12-11)9-5-3-2-4-6-9;1-7(9(10)11)8-5-3-2-4-6-8;1-5(2)6(7)8(3)4/h2-8H,1H3;2-7H,1H3,(H,10,11);1-4H3. The van der Waals surface area contributed by atoms with Crippen LogP contribution in [0, 0.1) is 0 Å². The first-order chi connectivity index (χ1) is 15.0. The topological polar surface area (TPSA) is 94.0 Å². The van der Waals surface area contributed by atoms with E-state index in [4.69, 9.17) is 22.2 Å². The van der Waals surface area contributed by atoms with Gasteiger partial charge in [-0.1, -0.05) is 79.2 Å². The Morgan fingerprint density at radius 2 is 1.34 bits per heavy atom. The molecule has 0 bridgehead atoms. The number of hydrogen-bond acceptors (Lipinski definition) is 3. The summed E-state index contributed by atoms with van der Waals surface area (Å²) in [7, 11) is 3.85. The Morgan fingerprint density at radius 1 is 0.938 bits per heavy atom. The molecule has 0 saturated carbocycles. The number of ketones is 1. The third kappa shape index (κ3) is 11.3. The molecule has 0 fully saturated rings. The van der Waals surface area contributed by atoms with Crippen LogP contribution < -0.4 is 0 Å². The van der Waals surface area contributed by atoms with Crippen molar-refractivity contribution in [3.8, 4) is 0 Å². The van der Waals surface area contributed by atoms with E-state index in [1.54, 1.807) is 13.8 Å². The van der Waals surface area contributed by atoms with Crippen molar-refractivity contribution < 1.29 is 19.5 Å². The number of carboxylic acids is 1. The van der Waals surface area contributed by atoms with Gasteiger partial charge >= 0.3 is 12.2 Å². The maximum atomic E-state index is 11.2. The highest BCUT2D eigenvalue weighted by molar-refractivity contribution is 6.29. The highest BCUT2D eigenvalue weighted by Gasteiger charge is 2.15. The first-order valence-corrected chi connectivity index (χ1v) is 10.4. The van der Waals surface area contributed by atoms with E-state index in [0.29, 0.717) is 0 Å². The van der Waals surface area contributed by atoms with Crippen LogP contribution in [0.15, 0.2) is 71.4 Å². The number of aliphatic carboxylic acids is 1. The molecule has 7 heteroatoms. The lowest BCUT2D eigenvalue weighted by molar-refractivity contribution is -0.138. The monoisotopic (exact) mass is 457 g/mol. The number of hydrogen-bond donors (Lipinski definition) is 1. The second kappa shape index (κ2) is 15.6. The Balaban J connectivity index is 0.000000465. The lowest BCUT2D eigenvalue weighted by atomic mass is 9.97. The number of halogens is 1. The van der Waals surface area contributed by atoms with Gasteiger partial charge in [0.15, 0.2) is 0 Å². The minimum absolute atomic E-state index is 0.200. The van der Waals surface area contributed by atoms with Crippen LogP contribution in [0.4, 0.5) is 0 Å². The number of carbonyl (C=O) groups is 2. The van der Waals surface area contributed by atoms with E-state index in [-0.39, 0.29) is 11.7 Å². The van der Waals surface area contributed by atoms with Crippen molar-refractivity contribution in [2.24, 2.45) is 0 Å². The largest absolute Gasteiger partial charge is 0.481 e. The predicted molar refractivity (Wildman–Crippen MR) is 130 cm³/mol. The summed E-state index contributed by atoms with van der Waals surface area (Å²) in [6.07, 6.45) is 0.928. The van der Waals surface area contributed by atoms with Gasteiger partial charge in [-0.2, -0.15) is 4.79 Å². The van der Waals surface area contributed by atoms with E-state index >= 15 is 0 Å². The van der Waals surface area contributed by atoms with E-state index in [1.807, 2.05) is 93.5 Å². The van der Waals surface area contributed by atoms with Gasteiger partial charge in [0, 0.05) is 14.1 Å². The fourth-order valence-corrected chi connectivity index (χ4v) is 2.41. The number of allylic oxidation sites excluding steroid dienone is 1. The molecule has 0 aliphatic carbocycles. The molecule has 0 radical (unpaired) electrons. The molecule has 1 N–H and O–H groups in total. The van der Waals surface area contributed by atoms with E-state index < -0.39 is 11.9 Å². The van der Waals surface area contributed by atoms with Gasteiger partial charge in [-0.3, -0.25) is 9.59 Å². The molecule has 32 heavy (non-hydrogen) atoms. The highest BCUT2D eigenvalue weighted by atomic mass is 35.5. The van der Waals surface area contributed by atoms with Crippen molar-refractivity contribution in [1.29, 1.82) is 0 Å². The molecule has 0 aliphatic rings. The van der Waals surface area contributed by atoms with Crippen LogP contribution in [0.25, 0.3) is 5.53 Å². The van der Waals surface area contributed by atoms with Crippen molar-refractivity contribution in [2.75, 3.05) is 14.1 Å².